The Hall–Kier alpha value is -1.80. The fraction of sp³-hybridized carbons (Fsp3) is 0.611. The summed E-state index contributed by atoms with van der Waals surface area (Å²) in [6.45, 7) is 6.58. The molecular weight excluding hydrogens is 349 g/mol. The molecule has 1 aromatic carbocycles. The lowest BCUT2D eigenvalue weighted by Gasteiger charge is -2.57. The van der Waals surface area contributed by atoms with Gasteiger partial charge < -0.3 is 20.5 Å². The van der Waals surface area contributed by atoms with E-state index < -0.39 is 22.7 Å². The van der Waals surface area contributed by atoms with Crippen molar-refractivity contribution < 1.29 is 27.4 Å². The van der Waals surface area contributed by atoms with Crippen molar-refractivity contribution in [3.05, 3.63) is 29.8 Å². The zero-order valence-corrected chi connectivity index (χ0v) is 15.2. The van der Waals surface area contributed by atoms with Crippen molar-refractivity contribution in [1.29, 1.82) is 0 Å². The average molecular weight is 374 g/mol. The average Bonchev–Trinajstić information content (AvgIpc) is 2.57. The van der Waals surface area contributed by atoms with Gasteiger partial charge in [-0.05, 0) is 31.2 Å². The first-order valence-electron chi connectivity index (χ1n) is 8.51. The van der Waals surface area contributed by atoms with Crippen LogP contribution in [0.5, 0.6) is 5.75 Å². The molecule has 3 N–H and O–H groups in total. The van der Waals surface area contributed by atoms with Crippen molar-refractivity contribution in [3.8, 4) is 5.75 Å². The van der Waals surface area contributed by atoms with Crippen LogP contribution in [0.3, 0.4) is 0 Å². The minimum Gasteiger partial charge on any atom is -0.492 e. The highest BCUT2D eigenvalue weighted by molar-refractivity contribution is 5.88. The quantitative estimate of drug-likeness (QED) is 0.720. The van der Waals surface area contributed by atoms with E-state index in [0.717, 1.165) is 12.1 Å². The van der Waals surface area contributed by atoms with Crippen LogP contribution in [0.25, 0.3) is 0 Å². The van der Waals surface area contributed by atoms with Gasteiger partial charge in [-0.1, -0.05) is 13.8 Å². The Bertz CT molecular complexity index is 632. The van der Waals surface area contributed by atoms with Gasteiger partial charge in [0.2, 0.25) is 5.91 Å². The van der Waals surface area contributed by atoms with Crippen LogP contribution in [0.1, 0.15) is 32.8 Å². The van der Waals surface area contributed by atoms with E-state index in [1.54, 1.807) is 0 Å². The number of ether oxygens (including phenoxy) is 2. The molecule has 0 aromatic heterocycles. The van der Waals surface area contributed by atoms with E-state index in [-0.39, 0.29) is 25.2 Å². The minimum absolute atomic E-state index is 0.0633. The summed E-state index contributed by atoms with van der Waals surface area (Å²) < 4.78 is 48.4. The van der Waals surface area contributed by atoms with Crippen LogP contribution in [0.4, 0.5) is 13.2 Å². The Morgan fingerprint density at radius 3 is 2.42 bits per heavy atom. The molecule has 0 saturated heterocycles. The molecule has 1 fully saturated rings. The predicted molar refractivity (Wildman–Crippen MR) is 90.7 cm³/mol. The van der Waals surface area contributed by atoms with Gasteiger partial charge in [-0.25, -0.2) is 0 Å². The summed E-state index contributed by atoms with van der Waals surface area (Å²) in [5, 5.41) is 2.72. The van der Waals surface area contributed by atoms with E-state index in [2.05, 4.69) is 5.32 Å². The number of alkyl halides is 3. The number of carbonyl (C=O) groups excluding carboxylic acids is 1. The highest BCUT2D eigenvalue weighted by Crippen LogP contribution is 2.49. The molecular formula is C18H25F3N2O3. The van der Waals surface area contributed by atoms with Gasteiger partial charge in [-0.3, -0.25) is 4.79 Å². The first kappa shape index (κ1) is 20.5. The van der Waals surface area contributed by atoms with Crippen molar-refractivity contribution in [2.24, 2.45) is 11.1 Å². The van der Waals surface area contributed by atoms with E-state index in [1.807, 2.05) is 20.8 Å². The van der Waals surface area contributed by atoms with Gasteiger partial charge in [-0.15, -0.1) is 0 Å². The number of nitrogens with two attached hydrogens (primary N) is 1. The van der Waals surface area contributed by atoms with Gasteiger partial charge in [0.25, 0.3) is 0 Å². The Kier molecular flexibility index (Phi) is 5.87. The largest absolute Gasteiger partial charge is 0.492 e. The monoisotopic (exact) mass is 374 g/mol. The highest BCUT2D eigenvalue weighted by Gasteiger charge is 2.62. The molecule has 26 heavy (non-hydrogen) atoms. The van der Waals surface area contributed by atoms with Gasteiger partial charge in [0.05, 0.1) is 18.2 Å². The number of halogens is 3. The maximum atomic E-state index is 12.5. The fourth-order valence-corrected chi connectivity index (χ4v) is 3.05. The molecule has 2 atom stereocenters. The van der Waals surface area contributed by atoms with E-state index in [4.69, 9.17) is 15.2 Å². The maximum absolute atomic E-state index is 12.5. The highest BCUT2D eigenvalue weighted by atomic mass is 19.4. The van der Waals surface area contributed by atoms with Crippen LogP contribution in [-0.4, -0.2) is 37.3 Å². The number of rotatable bonds is 7. The Morgan fingerprint density at radius 2 is 1.92 bits per heavy atom. The van der Waals surface area contributed by atoms with Crippen molar-refractivity contribution in [3.63, 3.8) is 0 Å². The van der Waals surface area contributed by atoms with Crippen LogP contribution in [0.2, 0.25) is 0 Å². The number of hydrogen-bond acceptors (Lipinski definition) is 4. The number of amides is 1. The Balaban J connectivity index is 1.79. The molecule has 5 nitrogen and oxygen atoms in total. The summed E-state index contributed by atoms with van der Waals surface area (Å²) in [7, 11) is 0. The maximum Gasteiger partial charge on any atom is 0.416 e. The third-order valence-corrected chi connectivity index (χ3v) is 5.07. The first-order chi connectivity index (χ1) is 12.0. The molecule has 0 radical (unpaired) electrons. The standard InChI is InChI=1S/C18H25F3N2O3/c1-4-25-14-11-17(22,16(14,2)3)15(24)23-9-10-26-13-7-5-12(6-8-13)18(19,20)21/h5-8,14H,4,9-11,22H2,1-3H3,(H,23,24). The zero-order chi connectivity index (χ0) is 19.6. The van der Waals surface area contributed by atoms with Gasteiger partial charge in [0.15, 0.2) is 0 Å². The molecule has 8 heteroatoms. The molecule has 0 aliphatic heterocycles. The van der Waals surface area contributed by atoms with Crippen LogP contribution < -0.4 is 15.8 Å². The van der Waals surface area contributed by atoms with E-state index in [9.17, 15) is 18.0 Å². The Morgan fingerprint density at radius 1 is 1.31 bits per heavy atom. The van der Waals surface area contributed by atoms with Gasteiger partial charge in [-0.2, -0.15) is 13.2 Å². The second kappa shape index (κ2) is 7.44. The van der Waals surface area contributed by atoms with Crippen molar-refractivity contribution in [2.75, 3.05) is 19.8 Å². The smallest absolute Gasteiger partial charge is 0.416 e. The topological polar surface area (TPSA) is 73.6 Å². The van der Waals surface area contributed by atoms with Crippen LogP contribution >= 0.6 is 0 Å². The molecule has 0 bridgehead atoms. The molecule has 1 aliphatic carbocycles. The van der Waals surface area contributed by atoms with Gasteiger partial charge >= 0.3 is 6.18 Å². The van der Waals surface area contributed by atoms with Crippen molar-refractivity contribution >= 4 is 5.91 Å². The minimum atomic E-state index is -4.38. The van der Waals surface area contributed by atoms with Crippen LogP contribution in [0.15, 0.2) is 24.3 Å². The lowest BCUT2D eigenvalue weighted by Crippen LogP contribution is -2.75. The number of nitrogens with one attached hydrogen (secondary N) is 1. The van der Waals surface area contributed by atoms with Gasteiger partial charge in [0, 0.05) is 18.4 Å². The zero-order valence-electron chi connectivity index (χ0n) is 15.2. The van der Waals surface area contributed by atoms with Crippen molar-refractivity contribution in [2.45, 2.75) is 45.0 Å². The molecule has 1 aliphatic rings. The second-order valence-electron chi connectivity index (χ2n) is 6.97. The lowest BCUT2D eigenvalue weighted by atomic mass is 9.54. The first-order valence-corrected chi connectivity index (χ1v) is 8.51. The molecule has 1 saturated carbocycles. The normalized spacial score (nSPS) is 24.7. The number of benzene rings is 1. The van der Waals surface area contributed by atoms with Crippen LogP contribution in [0, 0.1) is 5.41 Å². The molecule has 1 aromatic rings. The van der Waals surface area contributed by atoms with Crippen molar-refractivity contribution in [1.82, 2.24) is 5.32 Å². The summed E-state index contributed by atoms with van der Waals surface area (Å²) in [4.78, 5) is 12.4. The summed E-state index contributed by atoms with van der Waals surface area (Å²) in [5.74, 6) is 0.0181. The molecule has 146 valence electrons. The van der Waals surface area contributed by atoms with Crippen LogP contribution in [-0.2, 0) is 15.7 Å². The van der Waals surface area contributed by atoms with E-state index in [1.165, 1.54) is 12.1 Å². The predicted octanol–water partition coefficient (Wildman–Crippen LogP) is 2.73. The summed E-state index contributed by atoms with van der Waals surface area (Å²) in [6, 6.07) is 4.40. The fourth-order valence-electron chi connectivity index (χ4n) is 3.05. The van der Waals surface area contributed by atoms with Gasteiger partial charge in [0.1, 0.15) is 17.9 Å². The molecule has 2 unspecified atom stereocenters. The SMILES string of the molecule is CCOC1CC(N)(C(=O)NCCOc2ccc(C(F)(F)F)cc2)C1(C)C. The molecule has 0 spiro atoms. The lowest BCUT2D eigenvalue weighted by molar-refractivity contribution is -0.170. The summed E-state index contributed by atoms with van der Waals surface area (Å²) >= 11 is 0. The summed E-state index contributed by atoms with van der Waals surface area (Å²) in [6.07, 6.45) is -4.00. The number of carbonyl (C=O) groups is 1. The molecule has 0 heterocycles. The number of hydrogen-bond donors (Lipinski definition) is 2. The summed E-state index contributed by atoms with van der Waals surface area (Å²) in [5.41, 5.74) is 4.02. The second-order valence-corrected chi connectivity index (χ2v) is 6.97. The third-order valence-electron chi connectivity index (χ3n) is 5.07. The Labute approximate surface area is 151 Å². The van der Waals surface area contributed by atoms with E-state index in [0.29, 0.717) is 18.8 Å². The molecule has 2 rings (SSSR count). The third kappa shape index (κ3) is 3.96. The van der Waals surface area contributed by atoms with E-state index >= 15 is 0 Å². The molecule has 1 amide bonds.